The molecule has 1 heterocycles. The Morgan fingerprint density at radius 3 is 2.69 bits per heavy atom. The number of thioether (sulfide) groups is 1. The molecule has 3 rings (SSSR count). The second kappa shape index (κ2) is 9.56. The molecule has 1 aliphatic heterocycles. The molecule has 29 heavy (non-hydrogen) atoms. The van der Waals surface area contributed by atoms with Crippen LogP contribution in [0.4, 0.5) is 0 Å². The van der Waals surface area contributed by atoms with E-state index in [-0.39, 0.29) is 18.9 Å². The zero-order chi connectivity index (χ0) is 21.0. The maximum atomic E-state index is 12.6. The van der Waals surface area contributed by atoms with Crippen molar-refractivity contribution >= 4 is 62.2 Å². The van der Waals surface area contributed by atoms with Crippen LogP contribution in [0.25, 0.3) is 6.08 Å². The molecule has 0 saturated carbocycles. The van der Waals surface area contributed by atoms with E-state index in [0.717, 1.165) is 27.4 Å². The summed E-state index contributed by atoms with van der Waals surface area (Å²) < 4.78 is 7.20. The summed E-state index contributed by atoms with van der Waals surface area (Å²) in [5.41, 5.74) is 2.97. The van der Waals surface area contributed by atoms with E-state index in [1.165, 1.54) is 10.5 Å². The van der Waals surface area contributed by atoms with Crippen LogP contribution in [0, 0.1) is 6.92 Å². The van der Waals surface area contributed by atoms with E-state index >= 15 is 0 Å². The van der Waals surface area contributed by atoms with Crippen molar-refractivity contribution in [3.05, 3.63) is 68.5 Å². The summed E-state index contributed by atoms with van der Waals surface area (Å²) in [4.78, 5) is 25.2. The van der Waals surface area contributed by atoms with Gasteiger partial charge in [-0.2, -0.15) is 0 Å². The number of benzene rings is 2. The fourth-order valence-corrected chi connectivity index (χ4v) is 4.33. The van der Waals surface area contributed by atoms with Gasteiger partial charge in [0.25, 0.3) is 5.91 Å². The summed E-state index contributed by atoms with van der Waals surface area (Å²) in [6.07, 6.45) is 1.58. The number of nitrogens with zero attached hydrogens (tertiary/aromatic N) is 1. The molecule has 0 aromatic heterocycles. The molecule has 1 aliphatic rings. The highest BCUT2D eigenvalue weighted by Crippen LogP contribution is 2.35. The smallest absolute Gasteiger partial charge is 0.305 e. The van der Waals surface area contributed by atoms with Gasteiger partial charge in [-0.25, -0.2) is 0 Å². The van der Waals surface area contributed by atoms with Gasteiger partial charge in [0.05, 0.1) is 11.3 Å². The molecule has 5 nitrogen and oxygen atoms in total. The zero-order valence-corrected chi connectivity index (χ0v) is 18.8. The number of thiocarbonyl (C=S) groups is 1. The Kier molecular flexibility index (Phi) is 7.10. The molecule has 0 bridgehead atoms. The van der Waals surface area contributed by atoms with E-state index in [2.05, 4.69) is 15.9 Å². The molecule has 0 atom stereocenters. The first-order chi connectivity index (χ1) is 13.8. The molecule has 1 fully saturated rings. The fourth-order valence-electron chi connectivity index (χ4n) is 2.65. The highest BCUT2D eigenvalue weighted by Gasteiger charge is 2.32. The predicted octanol–water partition coefficient (Wildman–Crippen LogP) is 5.01. The van der Waals surface area contributed by atoms with E-state index in [1.54, 1.807) is 6.08 Å². The number of aryl methyl sites for hydroxylation is 1. The van der Waals surface area contributed by atoms with Crippen LogP contribution < -0.4 is 4.74 Å². The first-order valence-electron chi connectivity index (χ1n) is 8.78. The van der Waals surface area contributed by atoms with E-state index in [0.29, 0.717) is 21.6 Å². The summed E-state index contributed by atoms with van der Waals surface area (Å²) in [6, 6.07) is 13.7. The van der Waals surface area contributed by atoms with Gasteiger partial charge < -0.3 is 9.84 Å². The largest absolute Gasteiger partial charge is 0.488 e. The molecular weight excluding hydrogens is 474 g/mol. The van der Waals surface area contributed by atoms with Gasteiger partial charge in [-0.1, -0.05) is 69.7 Å². The number of halogens is 1. The third-order valence-corrected chi connectivity index (χ3v) is 6.07. The number of carbonyl (C=O) groups is 2. The van der Waals surface area contributed by atoms with Crippen LogP contribution in [-0.2, 0) is 16.2 Å². The van der Waals surface area contributed by atoms with Gasteiger partial charge in [-0.3, -0.25) is 14.5 Å². The van der Waals surface area contributed by atoms with Crippen molar-refractivity contribution < 1.29 is 19.4 Å². The second-order valence-electron chi connectivity index (χ2n) is 6.43. The van der Waals surface area contributed by atoms with Gasteiger partial charge in [-0.05, 0) is 36.8 Å². The number of carboxylic acids is 1. The molecule has 2 aromatic carbocycles. The van der Waals surface area contributed by atoms with Crippen LogP contribution in [0.15, 0.2) is 51.8 Å². The van der Waals surface area contributed by atoms with E-state index in [4.69, 9.17) is 22.1 Å². The summed E-state index contributed by atoms with van der Waals surface area (Å²) in [5.74, 6) is -0.614. The summed E-state index contributed by atoms with van der Waals surface area (Å²) >= 11 is 9.86. The van der Waals surface area contributed by atoms with Crippen LogP contribution in [0.2, 0.25) is 0 Å². The fraction of sp³-hybridized carbons (Fsp3) is 0.190. The lowest BCUT2D eigenvalue weighted by Crippen LogP contribution is -2.30. The van der Waals surface area contributed by atoms with Gasteiger partial charge in [0, 0.05) is 16.6 Å². The number of amides is 1. The van der Waals surface area contributed by atoms with Gasteiger partial charge >= 0.3 is 5.97 Å². The maximum absolute atomic E-state index is 12.6. The Morgan fingerprint density at radius 2 is 2.00 bits per heavy atom. The Hall–Kier alpha value is -2.16. The van der Waals surface area contributed by atoms with Gasteiger partial charge in [-0.15, -0.1) is 0 Å². The van der Waals surface area contributed by atoms with Crippen LogP contribution in [0.3, 0.4) is 0 Å². The van der Waals surface area contributed by atoms with Crippen molar-refractivity contribution in [2.45, 2.75) is 20.0 Å². The van der Waals surface area contributed by atoms with Crippen LogP contribution in [0.1, 0.15) is 23.1 Å². The molecule has 0 spiro atoms. The number of aliphatic carboxylic acids is 1. The second-order valence-corrected chi connectivity index (χ2v) is 9.02. The summed E-state index contributed by atoms with van der Waals surface area (Å²) in [6.45, 7) is 2.50. The summed E-state index contributed by atoms with van der Waals surface area (Å²) in [5, 5.41) is 8.86. The van der Waals surface area contributed by atoms with Crippen molar-refractivity contribution in [2.75, 3.05) is 6.54 Å². The lowest BCUT2D eigenvalue weighted by Gasteiger charge is -2.12. The molecular formula is C21H18BrNO4S2. The van der Waals surface area contributed by atoms with Crippen molar-refractivity contribution in [2.24, 2.45) is 0 Å². The minimum absolute atomic E-state index is 0.0621. The molecule has 1 saturated heterocycles. The first-order valence-corrected chi connectivity index (χ1v) is 10.8. The quantitative estimate of drug-likeness (QED) is 0.433. The van der Waals surface area contributed by atoms with E-state index in [9.17, 15) is 9.59 Å². The molecule has 1 N–H and O–H groups in total. The van der Waals surface area contributed by atoms with Crippen LogP contribution >= 0.6 is 39.9 Å². The molecule has 8 heteroatoms. The number of ether oxygens (including phenoxy) is 1. The van der Waals surface area contributed by atoms with Gasteiger partial charge in [0.15, 0.2) is 0 Å². The van der Waals surface area contributed by atoms with Crippen molar-refractivity contribution in [3.8, 4) is 5.75 Å². The lowest BCUT2D eigenvalue weighted by atomic mass is 10.1. The molecule has 0 radical (unpaired) electrons. The molecule has 1 amide bonds. The molecule has 150 valence electrons. The highest BCUT2D eigenvalue weighted by atomic mass is 79.9. The third-order valence-electron chi connectivity index (χ3n) is 4.20. The SMILES string of the molecule is Cc1ccc(COc2ccc(Br)cc2C=C2SC(=S)N(CCC(=O)O)C2=O)cc1. The maximum Gasteiger partial charge on any atom is 0.305 e. The molecule has 0 unspecified atom stereocenters. The van der Waals surface area contributed by atoms with Crippen LogP contribution in [0.5, 0.6) is 5.75 Å². The minimum Gasteiger partial charge on any atom is -0.488 e. The zero-order valence-electron chi connectivity index (χ0n) is 15.6. The average Bonchev–Trinajstić information content (AvgIpc) is 2.93. The number of hydrogen-bond acceptors (Lipinski definition) is 5. The van der Waals surface area contributed by atoms with Crippen molar-refractivity contribution in [1.29, 1.82) is 0 Å². The standard InChI is InChI=1S/C21H18BrNO4S2/c1-13-2-4-14(5-3-13)12-27-17-7-6-16(22)10-15(17)11-18-20(26)23(21(28)29-18)9-8-19(24)25/h2-7,10-11H,8-9,12H2,1H3,(H,24,25). The Bertz CT molecular complexity index is 989. The predicted molar refractivity (Wildman–Crippen MR) is 122 cm³/mol. The minimum atomic E-state index is -0.971. The van der Waals surface area contributed by atoms with Crippen LogP contribution in [-0.4, -0.2) is 32.7 Å². The van der Waals surface area contributed by atoms with Crippen molar-refractivity contribution in [1.82, 2.24) is 4.90 Å². The normalized spacial score (nSPS) is 15.2. The monoisotopic (exact) mass is 491 g/mol. The van der Waals surface area contributed by atoms with E-state index < -0.39 is 5.97 Å². The average molecular weight is 492 g/mol. The lowest BCUT2D eigenvalue weighted by molar-refractivity contribution is -0.137. The van der Waals surface area contributed by atoms with E-state index in [1.807, 2.05) is 49.4 Å². The Balaban J connectivity index is 1.80. The third kappa shape index (κ3) is 5.68. The van der Waals surface area contributed by atoms with Gasteiger partial charge in [0.2, 0.25) is 0 Å². The van der Waals surface area contributed by atoms with Gasteiger partial charge in [0.1, 0.15) is 16.7 Å². The molecule has 0 aliphatic carbocycles. The number of rotatable bonds is 7. The number of hydrogen-bond donors (Lipinski definition) is 1. The topological polar surface area (TPSA) is 66.8 Å². The number of carboxylic acid groups (broad SMARTS) is 1. The van der Waals surface area contributed by atoms with Crippen molar-refractivity contribution in [3.63, 3.8) is 0 Å². The summed E-state index contributed by atoms with van der Waals surface area (Å²) in [7, 11) is 0. The Labute approximate surface area is 186 Å². The molecule has 2 aromatic rings. The Morgan fingerprint density at radius 1 is 1.28 bits per heavy atom. The highest BCUT2D eigenvalue weighted by molar-refractivity contribution is 9.10. The number of carbonyl (C=O) groups excluding carboxylic acids is 1. The first kappa shape index (κ1) is 21.5.